The fourth-order valence-electron chi connectivity index (χ4n) is 2.66. The number of piperidine rings is 1. The zero-order valence-corrected chi connectivity index (χ0v) is 11.2. The second-order valence-electron chi connectivity index (χ2n) is 5.35. The van der Waals surface area contributed by atoms with Crippen LogP contribution >= 0.6 is 0 Å². The van der Waals surface area contributed by atoms with Gasteiger partial charge in [-0.25, -0.2) is 0 Å². The van der Waals surface area contributed by atoms with Gasteiger partial charge in [-0.15, -0.1) is 0 Å². The zero-order chi connectivity index (χ0) is 13.7. The lowest BCUT2D eigenvalue weighted by Crippen LogP contribution is -2.43. The van der Waals surface area contributed by atoms with Gasteiger partial charge in [0.2, 0.25) is 5.91 Å². The highest BCUT2D eigenvalue weighted by Gasteiger charge is 2.22. The highest BCUT2D eigenvalue weighted by Crippen LogP contribution is 2.21. The van der Waals surface area contributed by atoms with Crippen molar-refractivity contribution in [3.63, 3.8) is 0 Å². The minimum absolute atomic E-state index is 0.368. The van der Waals surface area contributed by atoms with Gasteiger partial charge >= 0.3 is 0 Å². The lowest BCUT2D eigenvalue weighted by Gasteiger charge is -2.32. The minimum atomic E-state index is -1.04. The lowest BCUT2D eigenvalue weighted by atomic mass is 9.90. The minimum Gasteiger partial charge on any atom is -0.382 e. The summed E-state index contributed by atoms with van der Waals surface area (Å²) in [6, 6.07) is 10.5. The molecule has 1 amide bonds. The third-order valence-electron chi connectivity index (χ3n) is 3.83. The largest absolute Gasteiger partial charge is 0.382 e. The number of carbonyl (C=O) groups is 1. The number of nitrogens with two attached hydrogens (primary N) is 1. The molecule has 104 valence electrons. The molecule has 1 saturated heterocycles. The number of hydrogen-bond donors (Lipinski definition) is 2. The Kier molecular flexibility index (Phi) is 4.93. The number of carbonyl (C=O) groups excluding carboxylic acids is 1. The Bertz CT molecular complexity index is 400. The highest BCUT2D eigenvalue weighted by molar-refractivity contribution is 5.78. The first-order valence-corrected chi connectivity index (χ1v) is 6.89. The van der Waals surface area contributed by atoms with Gasteiger partial charge < -0.3 is 15.7 Å². The predicted octanol–water partition coefficient (Wildman–Crippen LogP) is 0.787. The van der Waals surface area contributed by atoms with Crippen LogP contribution in [-0.2, 0) is 11.2 Å². The normalized spacial score (nSPS) is 19.2. The molecule has 0 radical (unpaired) electrons. The quantitative estimate of drug-likeness (QED) is 0.824. The summed E-state index contributed by atoms with van der Waals surface area (Å²) in [6.45, 7) is 2.23. The average Bonchev–Trinajstić information content (AvgIpc) is 2.42. The van der Waals surface area contributed by atoms with Crippen molar-refractivity contribution in [3.8, 4) is 0 Å². The van der Waals surface area contributed by atoms with Gasteiger partial charge in [-0.05, 0) is 43.8 Å². The number of β-amino-alcohol motifs (C(OH)–C–C–N with tert-alkyl or cyclic N) is 1. The van der Waals surface area contributed by atoms with E-state index in [4.69, 9.17) is 5.73 Å². The van der Waals surface area contributed by atoms with Crippen LogP contribution in [-0.4, -0.2) is 41.7 Å². The number of aliphatic hydroxyl groups excluding tert-OH is 1. The number of rotatable bonds is 5. The van der Waals surface area contributed by atoms with Crippen molar-refractivity contribution in [1.29, 1.82) is 0 Å². The fraction of sp³-hybridized carbons (Fsp3) is 0.533. The van der Waals surface area contributed by atoms with E-state index in [2.05, 4.69) is 29.2 Å². The second-order valence-corrected chi connectivity index (χ2v) is 5.35. The molecule has 1 unspecified atom stereocenters. The molecule has 4 nitrogen and oxygen atoms in total. The summed E-state index contributed by atoms with van der Waals surface area (Å²) in [4.78, 5) is 12.9. The number of benzene rings is 1. The van der Waals surface area contributed by atoms with E-state index < -0.39 is 12.0 Å². The molecule has 1 fully saturated rings. The van der Waals surface area contributed by atoms with Gasteiger partial charge in [0, 0.05) is 6.54 Å². The van der Waals surface area contributed by atoms with E-state index in [-0.39, 0.29) is 0 Å². The van der Waals surface area contributed by atoms with Crippen LogP contribution < -0.4 is 5.73 Å². The van der Waals surface area contributed by atoms with Crippen molar-refractivity contribution in [2.24, 2.45) is 11.7 Å². The van der Waals surface area contributed by atoms with Gasteiger partial charge in [0.1, 0.15) is 6.10 Å². The smallest absolute Gasteiger partial charge is 0.247 e. The molecule has 1 atom stereocenters. The van der Waals surface area contributed by atoms with Crippen LogP contribution in [0.25, 0.3) is 0 Å². The molecule has 0 bridgehead atoms. The van der Waals surface area contributed by atoms with Crippen LogP contribution in [0, 0.1) is 5.92 Å². The van der Waals surface area contributed by atoms with Crippen molar-refractivity contribution in [1.82, 2.24) is 4.90 Å². The van der Waals surface area contributed by atoms with Crippen molar-refractivity contribution < 1.29 is 9.90 Å². The average molecular weight is 262 g/mol. The third kappa shape index (κ3) is 4.33. The van der Waals surface area contributed by atoms with E-state index in [1.165, 1.54) is 5.56 Å². The monoisotopic (exact) mass is 262 g/mol. The summed E-state index contributed by atoms with van der Waals surface area (Å²) in [7, 11) is 0. The molecule has 0 aromatic heterocycles. The summed E-state index contributed by atoms with van der Waals surface area (Å²) >= 11 is 0. The number of primary amides is 1. The number of likely N-dealkylation sites (tertiary alicyclic amines) is 1. The third-order valence-corrected chi connectivity index (χ3v) is 3.83. The van der Waals surface area contributed by atoms with Crippen molar-refractivity contribution >= 4 is 5.91 Å². The standard InChI is InChI=1S/C15H22N2O2/c16-15(19)14(18)11-17-8-6-13(7-9-17)10-12-4-2-1-3-5-12/h1-5,13-14,18H,6-11H2,(H2,16,19). The summed E-state index contributed by atoms with van der Waals surface area (Å²) in [5.41, 5.74) is 6.45. The van der Waals surface area contributed by atoms with Crippen LogP contribution in [0.2, 0.25) is 0 Å². The van der Waals surface area contributed by atoms with Crippen molar-refractivity contribution in [2.75, 3.05) is 19.6 Å². The van der Waals surface area contributed by atoms with Crippen molar-refractivity contribution in [3.05, 3.63) is 35.9 Å². The van der Waals surface area contributed by atoms with Crippen LogP contribution in [0.15, 0.2) is 30.3 Å². The molecule has 3 N–H and O–H groups in total. The predicted molar refractivity (Wildman–Crippen MR) is 74.5 cm³/mol. The van der Waals surface area contributed by atoms with Gasteiger partial charge in [-0.3, -0.25) is 4.79 Å². The molecule has 1 heterocycles. The summed E-state index contributed by atoms with van der Waals surface area (Å²) < 4.78 is 0. The first-order chi connectivity index (χ1) is 9.15. The van der Waals surface area contributed by atoms with E-state index in [1.807, 2.05) is 6.07 Å². The van der Waals surface area contributed by atoms with Crippen LogP contribution in [0.1, 0.15) is 18.4 Å². The Morgan fingerprint density at radius 3 is 2.53 bits per heavy atom. The highest BCUT2D eigenvalue weighted by atomic mass is 16.3. The topological polar surface area (TPSA) is 66.6 Å². The van der Waals surface area contributed by atoms with Crippen LogP contribution in [0.3, 0.4) is 0 Å². The Morgan fingerprint density at radius 2 is 1.95 bits per heavy atom. The molecular formula is C15H22N2O2. The Balaban J connectivity index is 1.75. The number of amides is 1. The molecule has 1 aliphatic rings. The first-order valence-electron chi connectivity index (χ1n) is 6.89. The molecule has 1 aromatic carbocycles. The van der Waals surface area contributed by atoms with Crippen LogP contribution in [0.5, 0.6) is 0 Å². The Labute approximate surface area is 114 Å². The SMILES string of the molecule is NC(=O)C(O)CN1CCC(Cc2ccccc2)CC1. The molecule has 2 rings (SSSR count). The maximum absolute atomic E-state index is 10.8. The number of aliphatic hydroxyl groups is 1. The second kappa shape index (κ2) is 6.68. The summed E-state index contributed by atoms with van der Waals surface area (Å²) in [5.74, 6) is 0.0655. The van der Waals surface area contributed by atoms with E-state index in [0.717, 1.165) is 32.4 Å². The zero-order valence-electron chi connectivity index (χ0n) is 11.2. The molecule has 0 saturated carbocycles. The molecule has 0 aliphatic carbocycles. The Morgan fingerprint density at radius 1 is 1.32 bits per heavy atom. The lowest BCUT2D eigenvalue weighted by molar-refractivity contribution is -0.127. The maximum Gasteiger partial charge on any atom is 0.247 e. The number of nitrogens with zero attached hydrogens (tertiary/aromatic N) is 1. The first kappa shape index (κ1) is 14.0. The summed E-state index contributed by atoms with van der Waals surface area (Å²) in [6.07, 6.45) is 2.30. The molecule has 19 heavy (non-hydrogen) atoms. The van der Waals surface area contributed by atoms with E-state index in [1.54, 1.807) is 0 Å². The van der Waals surface area contributed by atoms with Crippen molar-refractivity contribution in [2.45, 2.75) is 25.4 Å². The molecule has 1 aliphatic heterocycles. The molecule has 0 spiro atoms. The molecular weight excluding hydrogens is 240 g/mol. The van der Waals surface area contributed by atoms with Gasteiger partial charge in [0.25, 0.3) is 0 Å². The van der Waals surface area contributed by atoms with Gasteiger partial charge in [0.05, 0.1) is 0 Å². The number of hydrogen-bond acceptors (Lipinski definition) is 3. The molecule has 4 heteroatoms. The van der Waals surface area contributed by atoms with Crippen LogP contribution in [0.4, 0.5) is 0 Å². The van der Waals surface area contributed by atoms with Gasteiger partial charge in [-0.2, -0.15) is 0 Å². The van der Waals surface area contributed by atoms with Gasteiger partial charge in [0.15, 0.2) is 0 Å². The summed E-state index contributed by atoms with van der Waals surface area (Å²) in [5, 5.41) is 9.46. The molecule has 1 aromatic rings. The van der Waals surface area contributed by atoms with Gasteiger partial charge in [-0.1, -0.05) is 30.3 Å². The Hall–Kier alpha value is -1.39. The van der Waals surface area contributed by atoms with E-state index in [9.17, 15) is 9.90 Å². The fourth-order valence-corrected chi connectivity index (χ4v) is 2.66. The van der Waals surface area contributed by atoms with E-state index in [0.29, 0.717) is 12.5 Å². The van der Waals surface area contributed by atoms with E-state index >= 15 is 0 Å². The maximum atomic E-state index is 10.8.